The van der Waals surface area contributed by atoms with E-state index >= 15 is 0 Å². The standard InChI is InChI=1S/C19H21ClFN5.C19H22ClN5.C18H19Cl2N5.C18H19ClFN5.C18H20ClN5/c1-3-19(2)6-8-26(9-7-19)15-11-22-17-16(24-25-18(17)23-15)12-4-5-14(21)13(20)10-12;1-3-19(2)8-10-25(11-9-19)15-12-21-17-16(23-24-18(17)22-15)13-4-6-14(20)7-5-13;1-18(2)5-7-25(8-6-18)14-10-21-16-15(23-24-17(16)22-14)11-3-4-12(19)13(20)9-11;1-18(2)5-7-25(8-6-18)14-10-21-16-15(23-24-17(16)22-14)11-3-4-13(20)12(19)9-11;1-18(2)7-9-24(10-8-18)14-11-20-16-15(22-23-17(16)21-14)12-3-5-13(19)6-4-12/h4-5,10-11H,3,6-9H2,1-2H3,(H,23,24,25);4-7,12H,3,8-11H2,1-2H3,(H,22,23,24);2*3-4,9-10H,5-8H2,1-2H3,(H,22,23,24);3-6,11H,7-10H2,1-2H3,(H,21,22,23). The van der Waals surface area contributed by atoms with Crippen LogP contribution < -0.4 is 24.5 Å². The molecule has 20 rings (SSSR count). The average Bonchev–Trinajstić information content (AvgIpc) is 1.67. The van der Waals surface area contributed by atoms with E-state index < -0.39 is 11.6 Å². The van der Waals surface area contributed by atoms with E-state index in [0.29, 0.717) is 97.8 Å². The van der Waals surface area contributed by atoms with Crippen LogP contribution in [0.25, 0.3) is 112 Å². The van der Waals surface area contributed by atoms with Gasteiger partial charge < -0.3 is 24.5 Å². The van der Waals surface area contributed by atoms with E-state index in [1.54, 1.807) is 48.8 Å². The van der Waals surface area contributed by atoms with Gasteiger partial charge in [-0.3, -0.25) is 25.5 Å². The molecule has 5 aromatic carbocycles. The number of benzene rings is 5. The number of nitrogens with one attached hydrogen (secondary N) is 5. The quantitative estimate of drug-likeness (QED) is 0.0759. The first-order valence-corrected chi connectivity index (χ1v) is 44.9. The minimum atomic E-state index is -0.448. The molecule has 15 heterocycles. The molecule has 0 bridgehead atoms. The summed E-state index contributed by atoms with van der Waals surface area (Å²) in [7, 11) is 0. The van der Waals surface area contributed by atoms with Crippen molar-refractivity contribution >= 4 is 155 Å². The minimum Gasteiger partial charge on any atom is -0.355 e. The number of aromatic amines is 5. The molecule has 0 unspecified atom stereocenters. The number of nitrogens with zero attached hydrogens (tertiary/aromatic N) is 20. The van der Waals surface area contributed by atoms with Crippen LogP contribution >= 0.6 is 69.6 Å². The van der Waals surface area contributed by atoms with Gasteiger partial charge in [0.1, 0.15) is 68.3 Å². The highest BCUT2D eigenvalue weighted by molar-refractivity contribution is 6.42. The number of fused-ring (bicyclic) bond motifs is 5. The lowest BCUT2D eigenvalue weighted by Crippen LogP contribution is -2.38. The summed E-state index contributed by atoms with van der Waals surface area (Å²) in [6, 6.07) is 29.9. The van der Waals surface area contributed by atoms with Gasteiger partial charge in [0, 0.05) is 103 Å². The maximum absolute atomic E-state index is 13.4. The maximum Gasteiger partial charge on any atom is 0.202 e. The van der Waals surface area contributed by atoms with Gasteiger partial charge in [-0.25, -0.2) is 58.6 Å². The van der Waals surface area contributed by atoms with Crippen LogP contribution in [0.15, 0.2) is 134 Å². The van der Waals surface area contributed by atoms with E-state index in [1.807, 2.05) is 73.2 Å². The fourth-order valence-corrected chi connectivity index (χ4v) is 17.1. The molecular weight excluding hydrogens is 1710 g/mol. The summed E-state index contributed by atoms with van der Waals surface area (Å²) in [5.74, 6) is 3.51. The van der Waals surface area contributed by atoms with Gasteiger partial charge in [-0.2, -0.15) is 25.5 Å². The van der Waals surface area contributed by atoms with Crippen molar-refractivity contribution in [2.75, 3.05) is 89.9 Å². The van der Waals surface area contributed by atoms with Gasteiger partial charge in [-0.1, -0.05) is 182 Å². The lowest BCUT2D eigenvalue weighted by Gasteiger charge is -2.39. The summed E-state index contributed by atoms with van der Waals surface area (Å²) in [5, 5.41) is 39.2. The van der Waals surface area contributed by atoms with E-state index in [4.69, 9.17) is 84.6 Å². The molecule has 5 saturated heterocycles. The molecule has 33 heteroatoms. The molecule has 10 aromatic heterocycles. The van der Waals surface area contributed by atoms with Crippen LogP contribution in [0, 0.1) is 38.7 Å². The zero-order chi connectivity index (χ0) is 87.7. The Bertz CT molecular complexity index is 6150. The first-order chi connectivity index (χ1) is 59.9. The third kappa shape index (κ3) is 20.2. The van der Waals surface area contributed by atoms with Crippen molar-refractivity contribution in [3.8, 4) is 56.3 Å². The van der Waals surface area contributed by atoms with Crippen molar-refractivity contribution in [1.82, 2.24) is 101 Å². The first-order valence-electron chi connectivity index (χ1n) is 42.6. The molecule has 25 nitrogen and oxygen atoms in total. The summed E-state index contributed by atoms with van der Waals surface area (Å²) < 4.78 is 26.8. The minimum absolute atomic E-state index is 0.0701. The Kier molecular flexibility index (Phi) is 25.9. The van der Waals surface area contributed by atoms with Gasteiger partial charge in [0.25, 0.3) is 0 Å². The van der Waals surface area contributed by atoms with Crippen LogP contribution in [0.5, 0.6) is 0 Å². The van der Waals surface area contributed by atoms with Crippen molar-refractivity contribution in [3.05, 3.63) is 176 Å². The van der Waals surface area contributed by atoms with Crippen molar-refractivity contribution in [2.24, 2.45) is 27.1 Å². The zero-order valence-corrected chi connectivity index (χ0v) is 76.3. The summed E-state index contributed by atoms with van der Waals surface area (Å²) in [6.07, 6.45) is 23.2. The van der Waals surface area contributed by atoms with Gasteiger partial charge in [0.2, 0.25) is 28.2 Å². The van der Waals surface area contributed by atoms with Crippen molar-refractivity contribution in [3.63, 3.8) is 0 Å². The molecule has 5 aliphatic rings. The molecule has 0 saturated carbocycles. The second-order valence-corrected chi connectivity index (χ2v) is 38.7. The molecule has 0 radical (unpaired) electrons. The highest BCUT2D eigenvalue weighted by Gasteiger charge is 2.34. The van der Waals surface area contributed by atoms with Crippen molar-refractivity contribution < 1.29 is 8.78 Å². The topological polar surface area (TPSA) is 288 Å². The number of hydrogen-bond donors (Lipinski definition) is 5. The zero-order valence-electron chi connectivity index (χ0n) is 71.7. The van der Waals surface area contributed by atoms with Crippen LogP contribution in [0.2, 0.25) is 30.1 Å². The molecule has 0 aliphatic carbocycles. The maximum atomic E-state index is 13.4. The number of halogens is 8. The number of H-pyrrole nitrogens is 5. The molecule has 0 amide bonds. The molecule has 5 aliphatic heterocycles. The SMILES string of the molecule is CC1(C)CCN(c2cnc3c(-c4ccc(Cl)c(Cl)c4)[nH]nc3n2)CC1.CC1(C)CCN(c2cnc3c(-c4ccc(Cl)cc4)[nH]nc3n2)CC1.CC1(C)CCN(c2cnc3c(-c4ccc(F)c(Cl)c4)[nH]nc3n2)CC1.CCC1(C)CCN(c2cnc3c(-c4ccc(Cl)cc4)[nH]nc3n2)CC1.CCC1(C)CCN(c2cnc3c(-c4ccc(F)c(Cl)c4)[nH]nc3n2)CC1. The Morgan fingerprint density at radius 3 is 0.752 bits per heavy atom. The summed E-state index contributed by atoms with van der Waals surface area (Å²) >= 11 is 35.8. The highest BCUT2D eigenvalue weighted by Crippen LogP contribution is 2.42. The van der Waals surface area contributed by atoms with Crippen molar-refractivity contribution in [2.45, 2.75) is 146 Å². The number of piperidine rings is 5. The number of anilines is 5. The molecule has 0 spiro atoms. The molecule has 125 heavy (non-hydrogen) atoms. The first kappa shape index (κ1) is 87.9. The van der Waals surface area contributed by atoms with E-state index in [0.717, 1.165) is 195 Å². The monoisotopic (exact) mass is 1800 g/mol. The fourth-order valence-electron chi connectivity index (χ4n) is 16.2. The summed E-state index contributed by atoms with van der Waals surface area (Å²) in [4.78, 5) is 57.9. The van der Waals surface area contributed by atoms with Crippen LogP contribution in [0.3, 0.4) is 0 Å². The fraction of sp³-hybridized carbons (Fsp3) is 0.402. The van der Waals surface area contributed by atoms with Crippen molar-refractivity contribution in [1.29, 1.82) is 0 Å². The number of hydrogen-bond acceptors (Lipinski definition) is 20. The van der Waals surface area contributed by atoms with Gasteiger partial charge in [0.15, 0.2) is 0 Å². The third-order valence-electron chi connectivity index (χ3n) is 25.8. The average molecular weight is 1810 g/mol. The summed E-state index contributed by atoms with van der Waals surface area (Å²) in [6.45, 7) is 33.1. The van der Waals surface area contributed by atoms with E-state index in [1.165, 1.54) is 50.7 Å². The highest BCUT2D eigenvalue weighted by atomic mass is 35.5. The number of rotatable bonds is 12. The van der Waals surface area contributed by atoms with Crippen LogP contribution in [0.4, 0.5) is 37.9 Å². The Balaban J connectivity index is 0.000000115. The van der Waals surface area contributed by atoms with Gasteiger partial charge in [-0.05, 0) is 164 Å². The number of aromatic nitrogens is 20. The molecular formula is C92H101Cl6F2N25. The van der Waals surface area contributed by atoms with Crippen LogP contribution in [0.1, 0.15) is 146 Å². The van der Waals surface area contributed by atoms with Gasteiger partial charge >= 0.3 is 0 Å². The Labute approximate surface area is 754 Å². The van der Waals surface area contributed by atoms with Gasteiger partial charge in [-0.15, -0.1) is 0 Å². The predicted octanol–water partition coefficient (Wildman–Crippen LogP) is 23.2. The molecule has 0 atom stereocenters. The molecule has 15 aromatic rings. The van der Waals surface area contributed by atoms with E-state index in [2.05, 4.69) is 180 Å². The molecule has 5 N–H and O–H groups in total. The normalized spacial score (nSPS) is 17.2. The lowest BCUT2D eigenvalue weighted by molar-refractivity contribution is 0.237. The third-order valence-corrected chi connectivity index (χ3v) is 27.6. The Morgan fingerprint density at radius 2 is 0.512 bits per heavy atom. The molecule has 5 fully saturated rings. The second-order valence-electron chi connectivity index (χ2n) is 36.2. The largest absolute Gasteiger partial charge is 0.355 e. The Hall–Kier alpha value is -10.6. The van der Waals surface area contributed by atoms with Gasteiger partial charge in [0.05, 0.1) is 79.5 Å². The summed E-state index contributed by atoms with van der Waals surface area (Å²) in [5.41, 5.74) is 17.1. The van der Waals surface area contributed by atoms with E-state index in [-0.39, 0.29) is 10.0 Å². The Morgan fingerprint density at radius 1 is 0.288 bits per heavy atom. The molecule has 650 valence electrons. The van der Waals surface area contributed by atoms with Crippen LogP contribution in [-0.2, 0) is 0 Å². The van der Waals surface area contributed by atoms with Crippen LogP contribution in [-0.4, -0.2) is 166 Å². The second kappa shape index (κ2) is 36.8. The smallest absolute Gasteiger partial charge is 0.202 e. The predicted molar refractivity (Wildman–Crippen MR) is 501 cm³/mol. The van der Waals surface area contributed by atoms with E-state index in [9.17, 15) is 8.78 Å². The lowest BCUT2D eigenvalue weighted by atomic mass is 9.78.